The summed E-state index contributed by atoms with van der Waals surface area (Å²) >= 11 is 0. The van der Waals surface area contributed by atoms with Crippen LogP contribution in [0.1, 0.15) is 45.0 Å². The number of halogens is 3. The lowest BCUT2D eigenvalue weighted by Crippen LogP contribution is -2.07. The molecule has 0 saturated heterocycles. The molecule has 3 nitrogen and oxygen atoms in total. The van der Waals surface area contributed by atoms with E-state index in [1.165, 1.54) is 6.20 Å². The zero-order valence-corrected chi connectivity index (χ0v) is 17.5. The van der Waals surface area contributed by atoms with Gasteiger partial charge in [-0.25, -0.2) is 4.98 Å². The summed E-state index contributed by atoms with van der Waals surface area (Å²) in [5.74, 6) is 0.575. The van der Waals surface area contributed by atoms with Gasteiger partial charge in [0.2, 0.25) is 5.82 Å². The predicted molar refractivity (Wildman–Crippen MR) is 113 cm³/mol. The van der Waals surface area contributed by atoms with Gasteiger partial charge in [0.15, 0.2) is 0 Å². The molecule has 30 heavy (non-hydrogen) atoms. The van der Waals surface area contributed by atoms with Crippen LogP contribution in [0.25, 0.3) is 22.4 Å². The number of ether oxygens (including phenoxy) is 1. The van der Waals surface area contributed by atoms with Crippen LogP contribution in [0.5, 0.6) is 5.75 Å². The Morgan fingerprint density at radius 3 is 2.27 bits per heavy atom. The van der Waals surface area contributed by atoms with Crippen LogP contribution in [-0.4, -0.2) is 16.6 Å². The minimum absolute atomic E-state index is 0.341. The van der Waals surface area contributed by atoms with Gasteiger partial charge in [-0.3, -0.25) is 0 Å². The molecule has 6 heteroatoms. The molecule has 160 valence electrons. The molecule has 0 aliphatic carbocycles. The monoisotopic (exact) mass is 416 g/mol. The van der Waals surface area contributed by atoms with E-state index in [2.05, 4.69) is 36.8 Å². The van der Waals surface area contributed by atoms with E-state index in [0.29, 0.717) is 23.8 Å². The quantitative estimate of drug-likeness (QED) is 0.424. The summed E-state index contributed by atoms with van der Waals surface area (Å²) in [5.41, 5.74) is 4.18. The van der Waals surface area contributed by atoms with Gasteiger partial charge >= 0.3 is 6.18 Å². The highest BCUT2D eigenvalue weighted by molar-refractivity contribution is 5.70. The summed E-state index contributed by atoms with van der Waals surface area (Å²) in [6, 6.07) is 13.5. The first-order valence-corrected chi connectivity index (χ1v) is 10.3. The van der Waals surface area contributed by atoms with Crippen LogP contribution in [-0.2, 0) is 12.6 Å². The number of alkyl halides is 3. The first-order valence-electron chi connectivity index (χ1n) is 10.3. The second kappa shape index (κ2) is 9.37. The van der Waals surface area contributed by atoms with Crippen molar-refractivity contribution >= 4 is 0 Å². The molecule has 1 N–H and O–H groups in total. The maximum absolute atomic E-state index is 12.7. The number of benzene rings is 2. The Hall–Kier alpha value is -2.76. The number of nitrogens with zero attached hydrogens (tertiary/aromatic N) is 1. The van der Waals surface area contributed by atoms with Crippen LogP contribution < -0.4 is 4.74 Å². The van der Waals surface area contributed by atoms with Crippen molar-refractivity contribution in [3.63, 3.8) is 0 Å². The molecule has 3 aromatic rings. The van der Waals surface area contributed by atoms with E-state index >= 15 is 0 Å². The minimum Gasteiger partial charge on any atom is -0.493 e. The molecule has 3 rings (SSSR count). The highest BCUT2D eigenvalue weighted by atomic mass is 19.4. The molecule has 0 aliphatic heterocycles. The Morgan fingerprint density at radius 1 is 1.00 bits per heavy atom. The Labute approximate surface area is 175 Å². The Morgan fingerprint density at radius 2 is 1.67 bits per heavy atom. The second-order valence-electron chi connectivity index (χ2n) is 7.55. The third-order valence-corrected chi connectivity index (χ3v) is 5.38. The number of nitrogens with one attached hydrogen (secondary N) is 1. The lowest BCUT2D eigenvalue weighted by atomic mass is 9.99. The minimum atomic E-state index is -4.48. The molecule has 0 amide bonds. The molecule has 0 aliphatic rings. The van der Waals surface area contributed by atoms with Gasteiger partial charge in [-0.1, -0.05) is 57.5 Å². The smallest absolute Gasteiger partial charge is 0.449 e. The summed E-state index contributed by atoms with van der Waals surface area (Å²) < 4.78 is 44.2. The zero-order valence-electron chi connectivity index (χ0n) is 17.5. The lowest BCUT2D eigenvalue weighted by molar-refractivity contribution is -0.144. The fourth-order valence-electron chi connectivity index (χ4n) is 3.20. The fourth-order valence-corrected chi connectivity index (χ4v) is 3.20. The number of aryl methyl sites for hydroxylation is 1. The first kappa shape index (κ1) is 21.9. The van der Waals surface area contributed by atoms with Crippen LogP contribution in [0.4, 0.5) is 13.2 Å². The number of aromatic amines is 1. The maximum Gasteiger partial charge on any atom is 0.449 e. The summed E-state index contributed by atoms with van der Waals surface area (Å²) in [6.07, 6.45) is -0.230. The predicted octanol–water partition coefficient (Wildman–Crippen LogP) is 7.14. The van der Waals surface area contributed by atoms with Crippen molar-refractivity contribution in [2.45, 2.75) is 46.2 Å². The van der Waals surface area contributed by atoms with E-state index in [1.54, 1.807) is 12.1 Å². The summed E-state index contributed by atoms with van der Waals surface area (Å²) in [5, 5.41) is 0. The van der Waals surface area contributed by atoms with E-state index in [9.17, 15) is 13.2 Å². The molecular weight excluding hydrogens is 389 g/mol. The van der Waals surface area contributed by atoms with Gasteiger partial charge in [0.25, 0.3) is 0 Å². The van der Waals surface area contributed by atoms with Crippen molar-refractivity contribution < 1.29 is 17.9 Å². The average Bonchev–Trinajstić information content (AvgIpc) is 3.25. The molecule has 0 bridgehead atoms. The van der Waals surface area contributed by atoms with Crippen molar-refractivity contribution in [2.75, 3.05) is 6.61 Å². The van der Waals surface area contributed by atoms with Gasteiger partial charge in [0, 0.05) is 0 Å². The molecular formula is C24H27F3N2O. The topological polar surface area (TPSA) is 37.9 Å². The van der Waals surface area contributed by atoms with Gasteiger partial charge in [-0.2, -0.15) is 13.2 Å². The van der Waals surface area contributed by atoms with E-state index < -0.39 is 12.0 Å². The molecule has 1 aromatic heterocycles. The number of rotatable bonds is 8. The first-order chi connectivity index (χ1) is 14.3. The Balaban J connectivity index is 1.75. The molecule has 0 radical (unpaired) electrons. The van der Waals surface area contributed by atoms with Crippen molar-refractivity contribution in [3.05, 3.63) is 60.0 Å². The summed E-state index contributed by atoms with van der Waals surface area (Å²) in [6.45, 7) is 7.22. The van der Waals surface area contributed by atoms with Gasteiger partial charge in [0.1, 0.15) is 5.75 Å². The third-order valence-electron chi connectivity index (χ3n) is 5.38. The molecule has 1 atom stereocenters. The lowest BCUT2D eigenvalue weighted by Gasteiger charge is -2.14. The summed E-state index contributed by atoms with van der Waals surface area (Å²) in [4.78, 5) is 5.76. The molecule has 0 spiro atoms. The normalized spacial score (nSPS) is 12.7. The van der Waals surface area contributed by atoms with Crippen molar-refractivity contribution in [3.8, 4) is 28.1 Å². The average molecular weight is 416 g/mol. The number of aromatic nitrogens is 2. The van der Waals surface area contributed by atoms with Crippen molar-refractivity contribution in [1.82, 2.24) is 9.97 Å². The fraction of sp³-hybridized carbons (Fsp3) is 0.375. The van der Waals surface area contributed by atoms with Crippen LogP contribution in [0.15, 0.2) is 48.7 Å². The Bertz CT molecular complexity index is 961. The van der Waals surface area contributed by atoms with Crippen molar-refractivity contribution in [1.29, 1.82) is 0 Å². The van der Waals surface area contributed by atoms with Gasteiger partial charge < -0.3 is 9.72 Å². The van der Waals surface area contributed by atoms with E-state index in [0.717, 1.165) is 41.7 Å². The van der Waals surface area contributed by atoms with Gasteiger partial charge in [-0.15, -0.1) is 0 Å². The molecule has 0 saturated carbocycles. The van der Waals surface area contributed by atoms with Crippen molar-refractivity contribution in [2.24, 2.45) is 5.92 Å². The van der Waals surface area contributed by atoms with E-state index in [1.807, 2.05) is 24.3 Å². The molecule has 1 unspecified atom stereocenters. The summed E-state index contributed by atoms with van der Waals surface area (Å²) in [7, 11) is 0. The largest absolute Gasteiger partial charge is 0.493 e. The highest BCUT2D eigenvalue weighted by Crippen LogP contribution is 2.31. The molecule has 1 heterocycles. The molecule has 0 fully saturated rings. The third kappa shape index (κ3) is 5.23. The maximum atomic E-state index is 12.7. The Kier molecular flexibility index (Phi) is 6.85. The van der Waals surface area contributed by atoms with E-state index in [-0.39, 0.29) is 0 Å². The second-order valence-corrected chi connectivity index (χ2v) is 7.55. The highest BCUT2D eigenvalue weighted by Gasteiger charge is 2.34. The number of H-pyrrole nitrogens is 1. The van der Waals surface area contributed by atoms with Crippen LogP contribution in [0.3, 0.4) is 0 Å². The number of hydrogen-bond acceptors (Lipinski definition) is 2. The molecule has 2 aromatic carbocycles. The van der Waals surface area contributed by atoms with E-state index in [4.69, 9.17) is 4.74 Å². The van der Waals surface area contributed by atoms with Crippen LogP contribution >= 0.6 is 0 Å². The van der Waals surface area contributed by atoms with Crippen LogP contribution in [0, 0.1) is 5.92 Å². The SMILES string of the molecule is CCc1cc(-c2ccc(-c3cnc(C(F)(F)F)[nH]3)cc2)ccc1OCCC(C)CC. The number of hydrogen-bond donors (Lipinski definition) is 1. The standard InChI is InChI=1S/C24H27F3N2O/c1-4-16(3)12-13-30-22-11-10-20(14-17(22)5-2)18-6-8-19(9-7-18)21-15-28-23(29-21)24(25,26)27/h6-11,14-16H,4-5,12-13H2,1-3H3,(H,28,29). The van der Waals surface area contributed by atoms with Crippen LogP contribution in [0.2, 0.25) is 0 Å². The van der Waals surface area contributed by atoms with Gasteiger partial charge in [-0.05, 0) is 53.1 Å². The zero-order chi connectivity index (χ0) is 21.7. The number of imidazole rings is 1. The van der Waals surface area contributed by atoms with Gasteiger partial charge in [0.05, 0.1) is 18.5 Å².